The quantitative estimate of drug-likeness (QED) is 0.497. The van der Waals surface area contributed by atoms with Crippen molar-refractivity contribution in [2.24, 2.45) is 11.3 Å². The van der Waals surface area contributed by atoms with E-state index in [2.05, 4.69) is 25.2 Å². The Kier molecular flexibility index (Phi) is 2.68. The first kappa shape index (κ1) is 9.46. The van der Waals surface area contributed by atoms with Gasteiger partial charge in [0, 0.05) is 12.0 Å². The molecule has 0 saturated carbocycles. The van der Waals surface area contributed by atoms with Crippen molar-refractivity contribution in [2.75, 3.05) is 7.05 Å². The maximum Gasteiger partial charge on any atom is 0.126 e. The second-order valence-electron chi connectivity index (χ2n) is 4.06. The lowest BCUT2D eigenvalue weighted by Crippen LogP contribution is -2.42. The van der Waals surface area contributed by atoms with E-state index in [-0.39, 0.29) is 11.3 Å². The highest BCUT2D eigenvalue weighted by atomic mass is 16.1. The molecule has 1 rings (SSSR count). The Morgan fingerprint density at radius 2 is 2.25 bits per heavy atom. The average Bonchev–Trinajstić information content (AvgIpc) is 2.04. The first-order chi connectivity index (χ1) is 5.60. The highest BCUT2D eigenvalue weighted by Gasteiger charge is 2.30. The van der Waals surface area contributed by atoms with Crippen molar-refractivity contribution in [3.8, 4) is 0 Å². The molecule has 2 nitrogen and oxygen atoms in total. The third kappa shape index (κ3) is 1.75. The number of rotatable bonds is 2. The summed E-state index contributed by atoms with van der Waals surface area (Å²) < 4.78 is 0. The summed E-state index contributed by atoms with van der Waals surface area (Å²) in [5, 5.41) is 3.25. The molecular formula is C10H17NO. The van der Waals surface area contributed by atoms with Crippen LogP contribution in [0.4, 0.5) is 0 Å². The molecule has 0 bridgehead atoms. The average molecular weight is 167 g/mol. The fraction of sp³-hybridized carbons (Fsp3) is 0.700. The summed E-state index contributed by atoms with van der Waals surface area (Å²) in [4.78, 5) is 10.6. The summed E-state index contributed by atoms with van der Waals surface area (Å²) in [6.07, 6.45) is 6.09. The van der Waals surface area contributed by atoms with Gasteiger partial charge in [0.25, 0.3) is 0 Å². The molecule has 2 atom stereocenters. The van der Waals surface area contributed by atoms with Crippen LogP contribution in [0.2, 0.25) is 0 Å². The van der Waals surface area contributed by atoms with Gasteiger partial charge in [-0.25, -0.2) is 0 Å². The molecule has 0 saturated heterocycles. The predicted molar refractivity (Wildman–Crippen MR) is 49.9 cm³/mol. The van der Waals surface area contributed by atoms with Gasteiger partial charge in [0.1, 0.15) is 6.29 Å². The topological polar surface area (TPSA) is 29.1 Å². The molecule has 0 amide bonds. The van der Waals surface area contributed by atoms with Crippen LogP contribution in [0, 0.1) is 11.3 Å². The van der Waals surface area contributed by atoms with Gasteiger partial charge in [0.05, 0.1) is 0 Å². The zero-order valence-corrected chi connectivity index (χ0v) is 8.00. The van der Waals surface area contributed by atoms with Gasteiger partial charge in [-0.05, 0) is 18.9 Å². The maximum absolute atomic E-state index is 10.6. The molecule has 0 heterocycles. The van der Waals surface area contributed by atoms with Crippen LogP contribution in [0.25, 0.3) is 0 Å². The zero-order chi connectivity index (χ0) is 9.19. The number of aldehydes is 1. The summed E-state index contributed by atoms with van der Waals surface area (Å²) in [6.45, 7) is 4.37. The molecule has 12 heavy (non-hydrogen) atoms. The first-order valence-corrected chi connectivity index (χ1v) is 4.42. The summed E-state index contributed by atoms with van der Waals surface area (Å²) in [7, 11) is 1.95. The normalized spacial score (nSPS) is 33.2. The van der Waals surface area contributed by atoms with Gasteiger partial charge in [-0.3, -0.25) is 0 Å². The summed E-state index contributed by atoms with van der Waals surface area (Å²) in [5.74, 6) is 0.107. The van der Waals surface area contributed by atoms with E-state index < -0.39 is 0 Å². The third-order valence-corrected chi connectivity index (χ3v) is 2.70. The second kappa shape index (κ2) is 3.40. The Morgan fingerprint density at radius 3 is 2.75 bits per heavy atom. The number of carbonyl (C=O) groups excluding carboxylic acids is 1. The molecule has 0 aromatic heterocycles. The van der Waals surface area contributed by atoms with Crippen LogP contribution in [0.3, 0.4) is 0 Å². The van der Waals surface area contributed by atoms with E-state index in [1.165, 1.54) is 0 Å². The third-order valence-electron chi connectivity index (χ3n) is 2.70. The van der Waals surface area contributed by atoms with Gasteiger partial charge >= 0.3 is 0 Å². The smallest absolute Gasteiger partial charge is 0.126 e. The lowest BCUT2D eigenvalue weighted by molar-refractivity contribution is -0.110. The van der Waals surface area contributed by atoms with E-state index in [4.69, 9.17) is 0 Å². The zero-order valence-electron chi connectivity index (χ0n) is 8.00. The van der Waals surface area contributed by atoms with Crippen molar-refractivity contribution >= 4 is 6.29 Å². The van der Waals surface area contributed by atoms with E-state index in [0.29, 0.717) is 6.04 Å². The summed E-state index contributed by atoms with van der Waals surface area (Å²) >= 11 is 0. The highest BCUT2D eigenvalue weighted by molar-refractivity contribution is 5.57. The molecule has 68 valence electrons. The van der Waals surface area contributed by atoms with Crippen molar-refractivity contribution in [2.45, 2.75) is 26.3 Å². The van der Waals surface area contributed by atoms with Gasteiger partial charge in [-0.15, -0.1) is 0 Å². The molecule has 0 aromatic carbocycles. The summed E-state index contributed by atoms with van der Waals surface area (Å²) in [5.41, 5.74) is 0.175. The predicted octanol–water partition coefficient (Wildman–Crippen LogP) is 1.38. The fourth-order valence-electron chi connectivity index (χ4n) is 1.73. The van der Waals surface area contributed by atoms with Crippen molar-refractivity contribution in [3.05, 3.63) is 12.2 Å². The molecule has 0 spiro atoms. The van der Waals surface area contributed by atoms with E-state index in [1.807, 2.05) is 13.1 Å². The molecule has 2 unspecified atom stereocenters. The van der Waals surface area contributed by atoms with Crippen molar-refractivity contribution < 1.29 is 4.79 Å². The standard InChI is InChI=1S/C10H17NO/c1-10(2)5-4-8(7-12)6-9(10)11-3/h4-5,7-9,11H,6H2,1-3H3. The number of hydrogen-bond donors (Lipinski definition) is 1. The molecule has 0 aromatic rings. The van der Waals surface area contributed by atoms with Gasteiger partial charge in [0.15, 0.2) is 0 Å². The molecule has 1 N–H and O–H groups in total. The lowest BCUT2D eigenvalue weighted by atomic mass is 9.75. The molecule has 2 heteroatoms. The SMILES string of the molecule is CNC1CC(C=O)C=CC1(C)C. The molecule has 0 fully saturated rings. The Morgan fingerprint density at radius 1 is 1.58 bits per heavy atom. The monoisotopic (exact) mass is 167 g/mol. The van der Waals surface area contributed by atoms with Gasteiger partial charge in [-0.2, -0.15) is 0 Å². The Hall–Kier alpha value is -0.630. The lowest BCUT2D eigenvalue weighted by Gasteiger charge is -2.36. The largest absolute Gasteiger partial charge is 0.316 e. The minimum atomic E-state index is 0.107. The van der Waals surface area contributed by atoms with E-state index in [0.717, 1.165) is 12.7 Å². The van der Waals surface area contributed by atoms with Crippen molar-refractivity contribution in [1.29, 1.82) is 0 Å². The van der Waals surface area contributed by atoms with Gasteiger partial charge < -0.3 is 10.1 Å². The van der Waals surface area contributed by atoms with Crippen LogP contribution in [-0.2, 0) is 4.79 Å². The van der Waals surface area contributed by atoms with Gasteiger partial charge in [0.2, 0.25) is 0 Å². The Labute approximate surface area is 74.0 Å². The number of allylic oxidation sites excluding steroid dienone is 1. The Bertz CT molecular complexity index is 196. The van der Waals surface area contributed by atoms with E-state index in [9.17, 15) is 4.79 Å². The van der Waals surface area contributed by atoms with Gasteiger partial charge in [-0.1, -0.05) is 26.0 Å². The van der Waals surface area contributed by atoms with Crippen molar-refractivity contribution in [3.63, 3.8) is 0 Å². The molecular weight excluding hydrogens is 150 g/mol. The van der Waals surface area contributed by atoms with Crippen LogP contribution in [0.5, 0.6) is 0 Å². The van der Waals surface area contributed by atoms with Crippen molar-refractivity contribution in [1.82, 2.24) is 5.32 Å². The van der Waals surface area contributed by atoms with Crippen LogP contribution < -0.4 is 5.32 Å². The molecule has 0 aliphatic heterocycles. The highest BCUT2D eigenvalue weighted by Crippen LogP contribution is 2.31. The van der Waals surface area contributed by atoms with Crippen LogP contribution in [-0.4, -0.2) is 19.4 Å². The van der Waals surface area contributed by atoms with Crippen LogP contribution in [0.1, 0.15) is 20.3 Å². The second-order valence-corrected chi connectivity index (χ2v) is 4.06. The first-order valence-electron chi connectivity index (χ1n) is 4.42. The summed E-state index contributed by atoms with van der Waals surface area (Å²) in [6, 6.07) is 0.415. The maximum atomic E-state index is 10.6. The van der Waals surface area contributed by atoms with E-state index >= 15 is 0 Å². The molecule has 1 aliphatic carbocycles. The molecule has 1 aliphatic rings. The minimum absolute atomic E-state index is 0.107. The van der Waals surface area contributed by atoms with E-state index in [1.54, 1.807) is 0 Å². The fourth-order valence-corrected chi connectivity index (χ4v) is 1.73. The number of nitrogens with one attached hydrogen (secondary N) is 1. The Balaban J connectivity index is 2.76. The minimum Gasteiger partial charge on any atom is -0.316 e. The molecule has 0 radical (unpaired) electrons. The van der Waals surface area contributed by atoms with Crippen LogP contribution >= 0.6 is 0 Å². The number of carbonyl (C=O) groups is 1. The number of hydrogen-bond acceptors (Lipinski definition) is 2. The van der Waals surface area contributed by atoms with Crippen LogP contribution in [0.15, 0.2) is 12.2 Å².